The maximum absolute atomic E-state index is 12.1. The molecular formula is C41H58ClN5O7S. The van der Waals surface area contributed by atoms with E-state index in [1.165, 1.54) is 22.5 Å². The zero-order valence-corrected chi connectivity index (χ0v) is 33.6. The molecule has 0 aromatic heterocycles. The number of carboxylic acids is 1. The Morgan fingerprint density at radius 3 is 2.49 bits per heavy atom. The summed E-state index contributed by atoms with van der Waals surface area (Å²) in [5.41, 5.74) is 5.46. The summed E-state index contributed by atoms with van der Waals surface area (Å²) in [6, 6.07) is 15.2. The largest absolute Gasteiger partial charge is 0.478 e. The van der Waals surface area contributed by atoms with Crippen LogP contribution in [-0.4, -0.2) is 124 Å². The summed E-state index contributed by atoms with van der Waals surface area (Å²) in [6.07, 6.45) is 9.36. The number of carbonyl (C=O) groups excluding carboxylic acids is 2. The summed E-state index contributed by atoms with van der Waals surface area (Å²) in [5, 5.41) is 19.7. The van der Waals surface area contributed by atoms with Crippen LogP contribution in [0.15, 0.2) is 54.1 Å². The molecule has 0 unspecified atom stereocenters. The lowest BCUT2D eigenvalue weighted by atomic mass is 10.0. The number of aliphatic carboxylic acids is 1. The van der Waals surface area contributed by atoms with Crippen molar-refractivity contribution in [2.45, 2.75) is 75.1 Å². The van der Waals surface area contributed by atoms with Gasteiger partial charge in [-0.1, -0.05) is 48.4 Å². The van der Waals surface area contributed by atoms with Gasteiger partial charge in [0.25, 0.3) is 0 Å². The van der Waals surface area contributed by atoms with E-state index in [1.807, 2.05) is 24.9 Å². The van der Waals surface area contributed by atoms with Crippen molar-refractivity contribution in [2.24, 2.45) is 0 Å². The molecule has 12 nitrogen and oxygen atoms in total. The summed E-state index contributed by atoms with van der Waals surface area (Å²) < 4.78 is 16.7. The average molecular weight is 800 g/mol. The Kier molecular flexibility index (Phi) is 17.9. The lowest BCUT2D eigenvalue weighted by Crippen LogP contribution is -2.36. The molecule has 3 aliphatic rings. The number of carboxylic acid groups (broad SMARTS) is 1. The maximum atomic E-state index is 12.1. The zero-order chi connectivity index (χ0) is 38.8. The first-order chi connectivity index (χ1) is 26.8. The van der Waals surface area contributed by atoms with Crippen LogP contribution in [0.4, 0.5) is 16.2 Å². The summed E-state index contributed by atoms with van der Waals surface area (Å²) in [4.78, 5) is 40.0. The van der Waals surface area contributed by atoms with Gasteiger partial charge < -0.3 is 45.1 Å². The van der Waals surface area contributed by atoms with E-state index in [9.17, 15) is 19.5 Å². The molecule has 0 aliphatic carbocycles. The SMILES string of the molecule is CN(C/C=C(\CCOCCOCCOCCNC(=O)CCCC[C@@H]1SC[C@@H]2NC(=O)N[C@@H]21)C(=O)O)CCCCN1c2ccccc2CCc2ccc(Cl)cc21. The van der Waals surface area contributed by atoms with Crippen LogP contribution in [0.2, 0.25) is 5.02 Å². The van der Waals surface area contributed by atoms with Crippen LogP contribution in [0.5, 0.6) is 0 Å². The van der Waals surface area contributed by atoms with Gasteiger partial charge in [-0.2, -0.15) is 11.8 Å². The fourth-order valence-electron chi connectivity index (χ4n) is 7.28. The smallest absolute Gasteiger partial charge is 0.331 e. The van der Waals surface area contributed by atoms with Gasteiger partial charge >= 0.3 is 12.0 Å². The third-order valence-corrected chi connectivity index (χ3v) is 12.0. The lowest BCUT2D eigenvalue weighted by molar-refractivity contribution is -0.133. The van der Waals surface area contributed by atoms with Crippen molar-refractivity contribution in [3.05, 3.63) is 70.3 Å². The topological polar surface area (TPSA) is 142 Å². The number of unbranched alkanes of at least 4 members (excludes halogenated alkanes) is 2. The number of para-hydroxylation sites is 1. The second kappa shape index (κ2) is 23.0. The number of benzene rings is 2. The van der Waals surface area contributed by atoms with Crippen molar-refractivity contribution in [3.63, 3.8) is 0 Å². The van der Waals surface area contributed by atoms with Gasteiger partial charge in [-0.3, -0.25) is 4.79 Å². The molecule has 3 aliphatic heterocycles. The molecule has 5 rings (SSSR count). The van der Waals surface area contributed by atoms with Gasteiger partial charge in [-0.05, 0) is 81.4 Å². The Bertz CT molecular complexity index is 1580. The highest BCUT2D eigenvalue weighted by Crippen LogP contribution is 2.37. The first-order valence-corrected chi connectivity index (χ1v) is 21.1. The van der Waals surface area contributed by atoms with Gasteiger partial charge in [0, 0.05) is 65.4 Å². The van der Waals surface area contributed by atoms with Crippen LogP contribution in [0.25, 0.3) is 0 Å². The van der Waals surface area contributed by atoms with Crippen LogP contribution < -0.4 is 20.9 Å². The molecule has 2 fully saturated rings. The monoisotopic (exact) mass is 799 g/mol. The van der Waals surface area contributed by atoms with Gasteiger partial charge in [-0.15, -0.1) is 0 Å². The standard InChI is InChI=1S/C41H58ClN5O7S/c1-46(19-6-7-20-47-35-9-3-2-8-30(35)12-13-31-14-15-33(42)28-36(31)47)21-16-32(40(49)50)17-22-52-24-26-54-27-25-53-23-18-43-38(48)11-5-4-10-37-39-34(29-55-37)44-41(51)45-39/h2-3,8-9,14-16,28,34,37,39H,4-7,10-13,17-27,29H2,1H3,(H,43,48)(H,49,50)(H2,44,45,51)/b32-16+/t34-,37-,39-/m0/s1. The Hall–Kier alpha value is -3.33. The quantitative estimate of drug-likeness (QED) is 0.0572. The van der Waals surface area contributed by atoms with E-state index in [2.05, 4.69) is 62.1 Å². The number of anilines is 2. The maximum Gasteiger partial charge on any atom is 0.331 e. The molecule has 3 amide bonds. The van der Waals surface area contributed by atoms with Crippen LogP contribution in [0.1, 0.15) is 56.1 Å². The first kappa shape index (κ1) is 42.8. The van der Waals surface area contributed by atoms with Crippen molar-refractivity contribution < 1.29 is 33.7 Å². The molecule has 2 saturated heterocycles. The Balaban J connectivity index is 0.847. The highest BCUT2D eigenvalue weighted by Gasteiger charge is 2.42. The number of rotatable bonds is 25. The highest BCUT2D eigenvalue weighted by atomic mass is 35.5. The number of amides is 3. The molecule has 14 heteroatoms. The molecule has 3 atom stereocenters. The van der Waals surface area contributed by atoms with E-state index in [0.717, 1.165) is 68.8 Å². The normalized spacial score (nSPS) is 19.0. The number of ether oxygens (including phenoxy) is 3. The molecule has 2 aromatic rings. The number of fused-ring (bicyclic) bond motifs is 3. The third kappa shape index (κ3) is 14.0. The van der Waals surface area contributed by atoms with Crippen molar-refractivity contribution in [2.75, 3.05) is 83.5 Å². The van der Waals surface area contributed by atoms with Crippen LogP contribution in [0, 0.1) is 0 Å². The van der Waals surface area contributed by atoms with Crippen molar-refractivity contribution in [1.29, 1.82) is 0 Å². The summed E-state index contributed by atoms with van der Waals surface area (Å²) in [6.45, 7) is 5.05. The summed E-state index contributed by atoms with van der Waals surface area (Å²) in [5.74, 6) is 0.0534. The molecule has 2 aromatic carbocycles. The lowest BCUT2D eigenvalue weighted by Gasteiger charge is -2.27. The van der Waals surface area contributed by atoms with Gasteiger partial charge in [0.05, 0.1) is 51.7 Å². The number of halogens is 1. The Morgan fingerprint density at radius 2 is 1.69 bits per heavy atom. The third-order valence-electron chi connectivity index (χ3n) is 10.3. The zero-order valence-electron chi connectivity index (χ0n) is 32.1. The summed E-state index contributed by atoms with van der Waals surface area (Å²) in [7, 11) is 2.02. The van der Waals surface area contributed by atoms with Crippen molar-refractivity contribution >= 4 is 52.6 Å². The van der Waals surface area contributed by atoms with E-state index < -0.39 is 5.97 Å². The number of nitrogens with one attached hydrogen (secondary N) is 3. The van der Waals surface area contributed by atoms with E-state index in [-0.39, 0.29) is 24.0 Å². The number of carbonyl (C=O) groups is 3. The molecule has 0 bridgehead atoms. The Labute approximate surface area is 335 Å². The van der Waals surface area contributed by atoms with Crippen LogP contribution in [-0.2, 0) is 36.6 Å². The second-order valence-electron chi connectivity index (χ2n) is 14.4. The first-order valence-electron chi connectivity index (χ1n) is 19.7. The molecule has 4 N–H and O–H groups in total. The number of nitrogens with zero attached hydrogens (tertiary/aromatic N) is 2. The molecule has 0 spiro atoms. The van der Waals surface area contributed by atoms with Gasteiger partial charge in [-0.25, -0.2) is 9.59 Å². The van der Waals surface area contributed by atoms with E-state index in [0.29, 0.717) is 76.4 Å². The van der Waals surface area contributed by atoms with Gasteiger partial charge in [0.2, 0.25) is 5.91 Å². The molecule has 3 heterocycles. The minimum absolute atomic E-state index is 0.0253. The van der Waals surface area contributed by atoms with E-state index >= 15 is 0 Å². The minimum atomic E-state index is -0.922. The number of urea groups is 1. The van der Waals surface area contributed by atoms with Gasteiger partial charge in [0.1, 0.15) is 0 Å². The second-order valence-corrected chi connectivity index (χ2v) is 16.1. The number of hydrogen-bond donors (Lipinski definition) is 4. The fraction of sp³-hybridized carbons (Fsp3) is 0.585. The van der Waals surface area contributed by atoms with Crippen LogP contribution >= 0.6 is 23.4 Å². The Morgan fingerprint density at radius 1 is 0.945 bits per heavy atom. The molecule has 302 valence electrons. The fourth-order valence-corrected chi connectivity index (χ4v) is 8.99. The highest BCUT2D eigenvalue weighted by molar-refractivity contribution is 8.00. The van der Waals surface area contributed by atoms with Crippen molar-refractivity contribution in [1.82, 2.24) is 20.9 Å². The number of aryl methyl sites for hydroxylation is 2. The number of hydrogen-bond acceptors (Lipinski definition) is 9. The van der Waals surface area contributed by atoms with Crippen LogP contribution in [0.3, 0.4) is 0 Å². The molecule has 55 heavy (non-hydrogen) atoms. The molecule has 0 radical (unpaired) electrons. The van der Waals surface area contributed by atoms with Crippen molar-refractivity contribution in [3.8, 4) is 0 Å². The van der Waals surface area contributed by atoms with E-state index in [4.69, 9.17) is 25.8 Å². The average Bonchev–Trinajstić information content (AvgIpc) is 3.68. The predicted molar refractivity (Wildman–Crippen MR) is 219 cm³/mol. The molecular weight excluding hydrogens is 742 g/mol. The molecule has 0 saturated carbocycles. The summed E-state index contributed by atoms with van der Waals surface area (Å²) >= 11 is 8.31. The predicted octanol–water partition coefficient (Wildman–Crippen LogP) is 5.58. The number of likely N-dealkylation sites (N-methyl/N-ethyl adjacent to an activating group) is 1. The number of thioether (sulfide) groups is 1. The van der Waals surface area contributed by atoms with E-state index in [1.54, 1.807) is 6.08 Å². The minimum Gasteiger partial charge on any atom is -0.478 e. The van der Waals surface area contributed by atoms with Gasteiger partial charge in [0.15, 0.2) is 0 Å².